The van der Waals surface area contributed by atoms with Crippen molar-refractivity contribution in [2.24, 2.45) is 17.8 Å². The minimum absolute atomic E-state index is 0.917. The van der Waals surface area contributed by atoms with Crippen LogP contribution in [0.5, 0.6) is 0 Å². The zero-order chi connectivity index (χ0) is 6.27. The Kier molecular flexibility index (Phi) is 1.14. The maximum absolute atomic E-state index is 2.40. The number of allylic oxidation sites excluding steroid dienone is 2. The van der Waals surface area contributed by atoms with Crippen molar-refractivity contribution < 1.29 is 0 Å². The van der Waals surface area contributed by atoms with Crippen molar-refractivity contribution in [2.75, 3.05) is 0 Å². The molecule has 1 saturated carbocycles. The highest BCUT2D eigenvalue weighted by Gasteiger charge is 2.33. The molecular weight excluding hydrogens is 108 g/mol. The quantitative estimate of drug-likeness (QED) is 0.467. The van der Waals surface area contributed by atoms with E-state index in [0.29, 0.717) is 0 Å². The van der Waals surface area contributed by atoms with Crippen LogP contribution >= 0.6 is 0 Å². The molecule has 1 radical (unpaired) electrons. The van der Waals surface area contributed by atoms with Crippen LogP contribution in [0.2, 0.25) is 0 Å². The lowest BCUT2D eigenvalue weighted by atomic mass is 9.91. The summed E-state index contributed by atoms with van der Waals surface area (Å²) in [5.41, 5.74) is 0. The van der Waals surface area contributed by atoms with Crippen molar-refractivity contribution in [1.29, 1.82) is 0 Å². The molecular formula is C9H13. The largest absolute Gasteiger partial charge is 0.0851 e. The molecule has 2 aliphatic carbocycles. The smallest absolute Gasteiger partial charge is 0.0197 e. The average Bonchev–Trinajstić information content (AvgIpc) is 2.45. The number of rotatable bonds is 1. The Morgan fingerprint density at radius 2 is 2.22 bits per heavy atom. The topological polar surface area (TPSA) is 0 Å². The summed E-state index contributed by atoms with van der Waals surface area (Å²) in [5.74, 6) is 2.77. The van der Waals surface area contributed by atoms with E-state index in [2.05, 4.69) is 25.5 Å². The summed E-state index contributed by atoms with van der Waals surface area (Å²) in [5, 5.41) is 0. The van der Waals surface area contributed by atoms with Crippen molar-refractivity contribution in [3.05, 3.63) is 18.6 Å². The van der Waals surface area contributed by atoms with Crippen LogP contribution in [0.1, 0.15) is 19.8 Å². The van der Waals surface area contributed by atoms with Gasteiger partial charge in [0, 0.05) is 0 Å². The second-order valence-electron chi connectivity index (χ2n) is 3.28. The fourth-order valence-corrected chi connectivity index (χ4v) is 2.21. The Morgan fingerprint density at radius 3 is 2.56 bits per heavy atom. The van der Waals surface area contributed by atoms with Gasteiger partial charge in [-0.05, 0) is 37.0 Å². The van der Waals surface area contributed by atoms with E-state index in [1.807, 2.05) is 0 Å². The molecule has 2 rings (SSSR count). The van der Waals surface area contributed by atoms with E-state index in [1.54, 1.807) is 0 Å². The van der Waals surface area contributed by atoms with Gasteiger partial charge in [0.15, 0.2) is 0 Å². The van der Waals surface area contributed by atoms with Gasteiger partial charge in [-0.25, -0.2) is 0 Å². The maximum atomic E-state index is 2.40. The fourth-order valence-electron chi connectivity index (χ4n) is 2.21. The Labute approximate surface area is 57.0 Å². The summed E-state index contributed by atoms with van der Waals surface area (Å²) in [6.45, 7) is 2.19. The zero-order valence-corrected chi connectivity index (χ0v) is 5.88. The minimum Gasteiger partial charge on any atom is -0.0851 e. The molecule has 0 spiro atoms. The summed E-state index contributed by atoms with van der Waals surface area (Å²) in [7, 11) is 0. The van der Waals surface area contributed by atoms with Gasteiger partial charge in [-0.3, -0.25) is 0 Å². The van der Waals surface area contributed by atoms with Gasteiger partial charge in [0.1, 0.15) is 0 Å². The average molecular weight is 121 g/mol. The molecule has 0 aromatic carbocycles. The van der Waals surface area contributed by atoms with Crippen LogP contribution in [-0.4, -0.2) is 0 Å². The second-order valence-corrected chi connectivity index (χ2v) is 3.28. The van der Waals surface area contributed by atoms with E-state index in [4.69, 9.17) is 0 Å². The van der Waals surface area contributed by atoms with E-state index >= 15 is 0 Å². The molecule has 0 nitrogen and oxygen atoms in total. The Balaban J connectivity index is 2.10. The molecule has 0 aromatic heterocycles. The first-order valence-corrected chi connectivity index (χ1v) is 3.88. The highest BCUT2D eigenvalue weighted by atomic mass is 14.4. The molecule has 0 amide bonds. The predicted octanol–water partition coefficient (Wildman–Crippen LogP) is 2.42. The highest BCUT2D eigenvalue weighted by molar-refractivity contribution is 5.11. The Morgan fingerprint density at radius 1 is 1.33 bits per heavy atom. The van der Waals surface area contributed by atoms with Gasteiger partial charge >= 0.3 is 0 Å². The van der Waals surface area contributed by atoms with Crippen molar-refractivity contribution in [1.82, 2.24) is 0 Å². The van der Waals surface area contributed by atoms with E-state index < -0.39 is 0 Å². The maximum Gasteiger partial charge on any atom is -0.0197 e. The van der Waals surface area contributed by atoms with Crippen LogP contribution in [0.4, 0.5) is 0 Å². The van der Waals surface area contributed by atoms with E-state index in [-0.39, 0.29) is 0 Å². The fraction of sp³-hybridized carbons (Fsp3) is 0.667. The van der Waals surface area contributed by atoms with Gasteiger partial charge < -0.3 is 0 Å². The first kappa shape index (κ1) is 5.52. The van der Waals surface area contributed by atoms with Gasteiger partial charge in [-0.2, -0.15) is 0 Å². The lowest BCUT2D eigenvalue weighted by molar-refractivity contribution is 0.514. The summed E-state index contributed by atoms with van der Waals surface area (Å²) in [6, 6.07) is 0. The SMILES string of the molecule is C[CH]C1CC2C=CC1C2. The van der Waals surface area contributed by atoms with Gasteiger partial charge in [-0.1, -0.05) is 19.1 Å². The van der Waals surface area contributed by atoms with Gasteiger partial charge in [0.25, 0.3) is 0 Å². The van der Waals surface area contributed by atoms with Crippen molar-refractivity contribution in [2.45, 2.75) is 19.8 Å². The summed E-state index contributed by atoms with van der Waals surface area (Å²) in [6.07, 6.45) is 10.0. The molecule has 0 N–H and O–H groups in total. The normalized spacial score (nSPS) is 46.6. The van der Waals surface area contributed by atoms with Crippen LogP contribution in [0, 0.1) is 24.2 Å². The molecule has 0 saturated heterocycles. The highest BCUT2D eigenvalue weighted by Crippen LogP contribution is 2.44. The first-order chi connectivity index (χ1) is 4.40. The molecule has 1 fully saturated rings. The van der Waals surface area contributed by atoms with Crippen LogP contribution in [0.15, 0.2) is 12.2 Å². The molecule has 0 aliphatic heterocycles. The van der Waals surface area contributed by atoms with Gasteiger partial charge in [-0.15, -0.1) is 0 Å². The number of fused-ring (bicyclic) bond motifs is 2. The lowest BCUT2D eigenvalue weighted by Crippen LogP contribution is -2.04. The number of hydrogen-bond acceptors (Lipinski definition) is 0. The van der Waals surface area contributed by atoms with Crippen molar-refractivity contribution >= 4 is 0 Å². The molecule has 2 aliphatic rings. The third-order valence-electron chi connectivity index (χ3n) is 2.76. The van der Waals surface area contributed by atoms with Gasteiger partial charge in [0.2, 0.25) is 0 Å². The van der Waals surface area contributed by atoms with Crippen molar-refractivity contribution in [3.8, 4) is 0 Å². The Bertz CT molecular complexity index is 135. The summed E-state index contributed by atoms with van der Waals surface area (Å²) in [4.78, 5) is 0. The van der Waals surface area contributed by atoms with Crippen molar-refractivity contribution in [3.63, 3.8) is 0 Å². The zero-order valence-electron chi connectivity index (χ0n) is 5.88. The molecule has 49 valence electrons. The number of hydrogen-bond donors (Lipinski definition) is 0. The summed E-state index contributed by atoms with van der Waals surface area (Å²) >= 11 is 0. The molecule has 3 unspecified atom stereocenters. The second kappa shape index (κ2) is 1.86. The van der Waals surface area contributed by atoms with E-state index in [1.165, 1.54) is 12.8 Å². The van der Waals surface area contributed by atoms with Crippen LogP contribution < -0.4 is 0 Å². The molecule has 2 bridgehead atoms. The Hall–Kier alpha value is -0.260. The third-order valence-corrected chi connectivity index (χ3v) is 2.76. The van der Waals surface area contributed by atoms with E-state index in [9.17, 15) is 0 Å². The predicted molar refractivity (Wildman–Crippen MR) is 38.8 cm³/mol. The van der Waals surface area contributed by atoms with E-state index in [0.717, 1.165) is 17.8 Å². The third kappa shape index (κ3) is 0.726. The lowest BCUT2D eigenvalue weighted by Gasteiger charge is -2.13. The molecule has 0 heteroatoms. The van der Waals surface area contributed by atoms with Crippen LogP contribution in [0.3, 0.4) is 0 Å². The minimum atomic E-state index is 0.917. The molecule has 0 heterocycles. The molecule has 0 aromatic rings. The molecule has 3 atom stereocenters. The standard InChI is InChI=1S/C9H13/c1-2-8-5-7-3-4-9(8)6-7/h2-4,7-9H,5-6H2,1H3. The van der Waals surface area contributed by atoms with Crippen LogP contribution in [-0.2, 0) is 0 Å². The summed E-state index contributed by atoms with van der Waals surface area (Å²) < 4.78 is 0. The van der Waals surface area contributed by atoms with Crippen LogP contribution in [0.25, 0.3) is 0 Å². The first-order valence-electron chi connectivity index (χ1n) is 3.88. The molecule has 9 heavy (non-hydrogen) atoms. The van der Waals surface area contributed by atoms with Gasteiger partial charge in [0.05, 0.1) is 0 Å². The monoisotopic (exact) mass is 121 g/mol.